The van der Waals surface area contributed by atoms with E-state index in [9.17, 15) is 5.21 Å². The molecule has 0 spiro atoms. The van der Waals surface area contributed by atoms with E-state index in [-0.39, 0.29) is 6.17 Å². The van der Waals surface area contributed by atoms with E-state index in [2.05, 4.69) is 27.3 Å². The quantitative estimate of drug-likeness (QED) is 0.418. The first-order valence-electron chi connectivity index (χ1n) is 9.05. The van der Waals surface area contributed by atoms with E-state index in [4.69, 9.17) is 4.42 Å². The molecule has 0 bridgehead atoms. The van der Waals surface area contributed by atoms with Crippen LogP contribution in [0.4, 0.5) is 5.13 Å². The monoisotopic (exact) mass is 365 g/mol. The van der Waals surface area contributed by atoms with Crippen molar-refractivity contribution in [2.75, 3.05) is 19.8 Å². The van der Waals surface area contributed by atoms with Gasteiger partial charge in [0, 0.05) is 6.54 Å². The first-order chi connectivity index (χ1) is 12.2. The van der Waals surface area contributed by atoms with Crippen LogP contribution in [0.1, 0.15) is 43.9 Å². The topological polar surface area (TPSA) is 77.2 Å². The maximum atomic E-state index is 13.7. The molecule has 0 saturated carbocycles. The third kappa shape index (κ3) is 4.27. The molecule has 3 heterocycles. The number of unbranched alkanes of at least 4 members (excludes halogenated alkanes) is 2. The van der Waals surface area contributed by atoms with Gasteiger partial charge in [-0.25, -0.2) is 4.90 Å². The highest BCUT2D eigenvalue weighted by atomic mass is 32.1. The number of quaternary nitrogens is 1. The number of furan rings is 1. The predicted molar refractivity (Wildman–Crippen MR) is 99.7 cm³/mol. The maximum Gasteiger partial charge on any atom is 0.309 e. The van der Waals surface area contributed by atoms with Crippen LogP contribution in [0.15, 0.2) is 22.8 Å². The van der Waals surface area contributed by atoms with Crippen molar-refractivity contribution in [2.24, 2.45) is 0 Å². The summed E-state index contributed by atoms with van der Waals surface area (Å²) in [6, 6.07) is 3.78. The molecule has 7 nitrogen and oxygen atoms in total. The average molecular weight is 366 g/mol. The number of aryl methyl sites for hydroxylation is 1. The lowest BCUT2D eigenvalue weighted by atomic mass is 10.2. The fourth-order valence-corrected chi connectivity index (χ4v) is 4.01. The van der Waals surface area contributed by atoms with E-state index in [1.54, 1.807) is 6.26 Å². The maximum absolute atomic E-state index is 13.7. The Balaban J connectivity index is 1.72. The molecule has 2 aromatic rings. The van der Waals surface area contributed by atoms with Gasteiger partial charge >= 0.3 is 5.13 Å². The lowest BCUT2D eigenvalue weighted by Gasteiger charge is -2.39. The van der Waals surface area contributed by atoms with Crippen molar-refractivity contribution in [1.29, 1.82) is 0 Å². The van der Waals surface area contributed by atoms with Crippen LogP contribution in [0.3, 0.4) is 0 Å². The van der Waals surface area contributed by atoms with Gasteiger partial charge in [0.25, 0.3) is 0 Å². The molecule has 8 heteroatoms. The smallest absolute Gasteiger partial charge is 0.309 e. The zero-order valence-corrected chi connectivity index (χ0v) is 15.8. The second-order valence-electron chi connectivity index (χ2n) is 6.53. The molecule has 1 aliphatic heterocycles. The second-order valence-corrected chi connectivity index (χ2v) is 7.57. The molecule has 0 radical (unpaired) electrons. The molecule has 2 aromatic heterocycles. The lowest BCUT2D eigenvalue weighted by molar-refractivity contribution is 0.265. The molecular formula is C17H27N5O2S. The molecule has 25 heavy (non-hydrogen) atoms. The van der Waals surface area contributed by atoms with Crippen LogP contribution in [-0.4, -0.2) is 41.0 Å². The molecule has 1 aliphatic rings. The van der Waals surface area contributed by atoms with Gasteiger partial charge in [-0.1, -0.05) is 31.8 Å². The lowest BCUT2D eigenvalue weighted by Crippen LogP contribution is -2.55. The van der Waals surface area contributed by atoms with Gasteiger partial charge in [-0.3, -0.25) is 9.96 Å². The summed E-state index contributed by atoms with van der Waals surface area (Å²) in [5.41, 5.74) is 0. The highest BCUT2D eigenvalue weighted by Gasteiger charge is 2.43. The first kappa shape index (κ1) is 18.5. The zero-order chi connectivity index (χ0) is 17.7. The summed E-state index contributed by atoms with van der Waals surface area (Å²) >= 11 is 1.43. The highest BCUT2D eigenvalue weighted by molar-refractivity contribution is 7.15. The summed E-state index contributed by atoms with van der Waals surface area (Å²) in [5.74, 6) is 0.836. The van der Waals surface area contributed by atoms with Gasteiger partial charge in [0.1, 0.15) is 17.4 Å². The molecule has 1 saturated heterocycles. The van der Waals surface area contributed by atoms with Gasteiger partial charge in [-0.15, -0.1) is 5.10 Å². The van der Waals surface area contributed by atoms with Crippen molar-refractivity contribution in [3.8, 4) is 0 Å². The van der Waals surface area contributed by atoms with Gasteiger partial charge in [0.05, 0.1) is 19.4 Å². The second kappa shape index (κ2) is 8.37. The standard InChI is InChI=1S/C17H27N5O2S/c1-3-5-6-9-21-12-15(18-11-14-8-7-10-24-14)22(23,13-21)17-20-19-16(4-2)25-17/h7-8,10,15,18H,3-6,9,11-13H2,1-2H3. The van der Waals surface area contributed by atoms with E-state index in [1.807, 2.05) is 19.1 Å². The first-order valence-corrected chi connectivity index (χ1v) is 9.87. The van der Waals surface area contributed by atoms with Crippen LogP contribution in [0.25, 0.3) is 0 Å². The molecule has 3 rings (SSSR count). The van der Waals surface area contributed by atoms with Crippen molar-refractivity contribution in [2.45, 2.75) is 52.2 Å². The Morgan fingerprint density at radius 3 is 2.96 bits per heavy atom. The summed E-state index contributed by atoms with van der Waals surface area (Å²) in [6.07, 6.45) is 5.70. The average Bonchev–Trinajstić information content (AvgIpc) is 3.34. The van der Waals surface area contributed by atoms with E-state index in [0.717, 1.165) is 36.7 Å². The van der Waals surface area contributed by atoms with E-state index in [0.29, 0.717) is 18.3 Å². The van der Waals surface area contributed by atoms with Crippen LogP contribution in [0, 0.1) is 5.21 Å². The van der Waals surface area contributed by atoms with Crippen molar-refractivity contribution in [3.63, 3.8) is 0 Å². The molecule has 0 amide bonds. The van der Waals surface area contributed by atoms with Crippen LogP contribution >= 0.6 is 11.3 Å². The van der Waals surface area contributed by atoms with Gasteiger partial charge in [-0.05, 0) is 36.3 Å². The number of nitrogens with one attached hydrogen (secondary N) is 1. The Bertz CT molecular complexity index is 647. The molecule has 0 aliphatic carbocycles. The molecule has 2 unspecified atom stereocenters. The van der Waals surface area contributed by atoms with Crippen LogP contribution in [0.2, 0.25) is 0 Å². The fraction of sp³-hybridized carbons (Fsp3) is 0.647. The van der Waals surface area contributed by atoms with Crippen molar-refractivity contribution >= 4 is 16.5 Å². The molecule has 1 fully saturated rings. The summed E-state index contributed by atoms with van der Waals surface area (Å²) in [4.78, 5) is 2.25. The van der Waals surface area contributed by atoms with E-state index >= 15 is 0 Å². The number of aromatic nitrogens is 2. The van der Waals surface area contributed by atoms with Gasteiger partial charge in [0.2, 0.25) is 0 Å². The molecular weight excluding hydrogens is 338 g/mol. The Kier molecular flexibility index (Phi) is 6.19. The van der Waals surface area contributed by atoms with Gasteiger partial charge in [0.15, 0.2) is 6.17 Å². The number of hydrogen-bond donors (Lipinski definition) is 1. The van der Waals surface area contributed by atoms with Crippen LogP contribution in [-0.2, 0) is 13.0 Å². The zero-order valence-electron chi connectivity index (χ0n) is 15.0. The molecule has 138 valence electrons. The largest absolute Gasteiger partial charge is 0.623 e. The van der Waals surface area contributed by atoms with Crippen LogP contribution < -0.4 is 9.96 Å². The summed E-state index contributed by atoms with van der Waals surface area (Å²) < 4.78 is 4.92. The van der Waals surface area contributed by atoms with Crippen molar-refractivity contribution in [1.82, 2.24) is 25.1 Å². The fourth-order valence-electron chi connectivity index (χ4n) is 3.16. The highest BCUT2D eigenvalue weighted by Crippen LogP contribution is 2.33. The molecule has 1 N–H and O–H groups in total. The minimum absolute atomic E-state index is 0.260. The summed E-state index contributed by atoms with van der Waals surface area (Å²) in [6.45, 7) is 6.87. The number of rotatable bonds is 9. The number of hydroxylamine groups is 2. The van der Waals surface area contributed by atoms with Crippen LogP contribution in [0.5, 0.6) is 0 Å². The Hall–Kier alpha value is -1.32. The van der Waals surface area contributed by atoms with Crippen molar-refractivity contribution < 1.29 is 4.42 Å². The Morgan fingerprint density at radius 2 is 2.28 bits per heavy atom. The van der Waals surface area contributed by atoms with E-state index in [1.165, 1.54) is 24.2 Å². The minimum atomic E-state index is -0.468. The SMILES string of the molecule is CCCCCN1CC(NCc2ccco2)[N+]([O-])(c2nnc(CC)s2)C1. The summed E-state index contributed by atoms with van der Waals surface area (Å²) in [5, 5.41) is 26.9. The molecule has 2 atom stereocenters. The number of nitrogens with zero attached hydrogens (tertiary/aromatic N) is 4. The predicted octanol–water partition coefficient (Wildman–Crippen LogP) is 3.08. The van der Waals surface area contributed by atoms with Gasteiger partial charge < -0.3 is 9.62 Å². The summed E-state index contributed by atoms with van der Waals surface area (Å²) in [7, 11) is 0. The third-order valence-corrected chi connectivity index (χ3v) is 5.78. The third-order valence-electron chi connectivity index (χ3n) is 4.60. The molecule has 0 aromatic carbocycles. The normalized spacial score (nSPS) is 24.2. The Labute approximate surface area is 152 Å². The minimum Gasteiger partial charge on any atom is -0.623 e. The number of hydrogen-bond acceptors (Lipinski definition) is 7. The van der Waals surface area contributed by atoms with Crippen molar-refractivity contribution in [3.05, 3.63) is 34.4 Å². The van der Waals surface area contributed by atoms with E-state index < -0.39 is 4.65 Å². The van der Waals surface area contributed by atoms with Gasteiger partial charge in [-0.2, -0.15) is 0 Å². The Morgan fingerprint density at radius 1 is 1.40 bits per heavy atom.